The van der Waals surface area contributed by atoms with Gasteiger partial charge in [-0.3, -0.25) is 9.59 Å². The number of hydrogen-bond donors (Lipinski definition) is 2. The number of nitrogens with zero attached hydrogens (tertiary/aromatic N) is 2. The van der Waals surface area contributed by atoms with E-state index in [9.17, 15) is 9.59 Å². The topological polar surface area (TPSA) is 102 Å². The zero-order valence-electron chi connectivity index (χ0n) is 29.1. The number of aromatic nitrogens is 2. The minimum atomic E-state index is -0.148. The number of carbonyl (C=O) groups is 2. The van der Waals surface area contributed by atoms with E-state index in [0.717, 1.165) is 72.0 Å². The molecule has 0 spiro atoms. The van der Waals surface area contributed by atoms with Crippen molar-refractivity contribution in [3.05, 3.63) is 81.8 Å². The number of halogens is 2. The highest BCUT2D eigenvalue weighted by molar-refractivity contribution is 6.39. The molecule has 2 aromatic heterocycles. The van der Waals surface area contributed by atoms with Gasteiger partial charge in [0.15, 0.2) is 0 Å². The van der Waals surface area contributed by atoms with Gasteiger partial charge in [0.1, 0.15) is 5.78 Å². The maximum atomic E-state index is 11.8. The molecule has 262 valence electrons. The van der Waals surface area contributed by atoms with Gasteiger partial charge in [0.2, 0.25) is 17.7 Å². The van der Waals surface area contributed by atoms with Crippen LogP contribution in [0.1, 0.15) is 69.9 Å². The third-order valence-corrected chi connectivity index (χ3v) is 10.9. The van der Waals surface area contributed by atoms with E-state index in [0.29, 0.717) is 64.8 Å². The van der Waals surface area contributed by atoms with Crippen molar-refractivity contribution in [2.45, 2.75) is 77.3 Å². The fourth-order valence-corrected chi connectivity index (χ4v) is 7.89. The number of benzene rings is 2. The predicted molar refractivity (Wildman–Crippen MR) is 199 cm³/mol. The Kier molecular flexibility index (Phi) is 10.8. The van der Waals surface area contributed by atoms with Gasteiger partial charge in [-0.25, -0.2) is 9.97 Å². The van der Waals surface area contributed by atoms with Crippen LogP contribution in [0, 0.1) is 5.41 Å². The number of amides is 1. The molecule has 3 heterocycles. The van der Waals surface area contributed by atoms with E-state index >= 15 is 0 Å². The Morgan fingerprint density at radius 1 is 0.780 bits per heavy atom. The first kappa shape index (κ1) is 35.8. The van der Waals surface area contributed by atoms with Crippen molar-refractivity contribution in [2.24, 2.45) is 5.41 Å². The number of rotatable bonds is 13. The van der Waals surface area contributed by atoms with E-state index < -0.39 is 0 Å². The van der Waals surface area contributed by atoms with Crippen LogP contribution < -0.4 is 20.1 Å². The highest BCUT2D eigenvalue weighted by Gasteiger charge is 2.34. The average Bonchev–Trinajstić information content (AvgIpc) is 3.64. The Labute approximate surface area is 304 Å². The summed E-state index contributed by atoms with van der Waals surface area (Å²) < 4.78 is 11.4. The summed E-state index contributed by atoms with van der Waals surface area (Å²) in [6.45, 7) is 5.60. The minimum Gasteiger partial charge on any atom is -0.481 e. The number of aryl methyl sites for hydroxylation is 1. The first-order valence-corrected chi connectivity index (χ1v) is 18.0. The summed E-state index contributed by atoms with van der Waals surface area (Å²) in [4.78, 5) is 33.2. The number of methoxy groups -OCH3 is 2. The van der Waals surface area contributed by atoms with Crippen LogP contribution in [0.2, 0.25) is 10.0 Å². The van der Waals surface area contributed by atoms with Crippen molar-refractivity contribution in [3.63, 3.8) is 0 Å². The van der Waals surface area contributed by atoms with E-state index in [4.69, 9.17) is 42.6 Å². The molecule has 0 bridgehead atoms. The van der Waals surface area contributed by atoms with Crippen molar-refractivity contribution < 1.29 is 19.1 Å². The Hall–Kier alpha value is -3.98. The average molecular weight is 716 g/mol. The highest BCUT2D eigenvalue weighted by atomic mass is 35.5. The summed E-state index contributed by atoms with van der Waals surface area (Å²) in [5.41, 5.74) is 6.25. The molecule has 10 heteroatoms. The Morgan fingerprint density at radius 2 is 1.36 bits per heavy atom. The first-order valence-electron chi connectivity index (χ1n) is 17.2. The third kappa shape index (κ3) is 7.83. The van der Waals surface area contributed by atoms with E-state index in [1.807, 2.05) is 60.7 Å². The fraction of sp³-hybridized carbons (Fsp3) is 0.400. The largest absolute Gasteiger partial charge is 0.481 e. The van der Waals surface area contributed by atoms with Crippen molar-refractivity contribution in [1.29, 1.82) is 0 Å². The van der Waals surface area contributed by atoms with E-state index in [1.165, 1.54) is 0 Å². The van der Waals surface area contributed by atoms with Crippen LogP contribution in [0.5, 0.6) is 11.8 Å². The molecule has 2 atom stereocenters. The normalized spacial score (nSPS) is 20.3. The van der Waals surface area contributed by atoms with Crippen LogP contribution in [0.3, 0.4) is 0 Å². The Bertz CT molecular complexity index is 1780. The van der Waals surface area contributed by atoms with Crippen LogP contribution in [-0.2, 0) is 22.6 Å². The fourth-order valence-electron chi connectivity index (χ4n) is 7.24. The number of carbonyl (C=O) groups excluding carboxylic acids is 2. The van der Waals surface area contributed by atoms with Crippen molar-refractivity contribution in [1.82, 2.24) is 20.6 Å². The molecule has 6 rings (SSSR count). The number of hydrogen-bond acceptors (Lipinski definition) is 7. The van der Waals surface area contributed by atoms with Crippen molar-refractivity contribution in [3.8, 4) is 45.4 Å². The van der Waals surface area contributed by atoms with Gasteiger partial charge in [-0.1, -0.05) is 78.7 Å². The van der Waals surface area contributed by atoms with Gasteiger partial charge in [0, 0.05) is 71.3 Å². The lowest BCUT2D eigenvalue weighted by atomic mass is 9.89. The van der Waals surface area contributed by atoms with Gasteiger partial charge in [-0.2, -0.15) is 0 Å². The molecule has 2 N–H and O–H groups in total. The zero-order valence-corrected chi connectivity index (χ0v) is 30.6. The second-order valence-corrected chi connectivity index (χ2v) is 14.9. The zero-order chi connectivity index (χ0) is 35.5. The number of pyridine rings is 2. The highest BCUT2D eigenvalue weighted by Crippen LogP contribution is 2.43. The van der Waals surface area contributed by atoms with E-state index in [2.05, 4.69) is 24.5 Å². The molecule has 1 aliphatic heterocycles. The second-order valence-electron chi connectivity index (χ2n) is 14.2. The second kappa shape index (κ2) is 15.1. The maximum absolute atomic E-state index is 11.8. The number of nitrogens with one attached hydrogen (secondary N) is 2. The molecule has 2 fully saturated rings. The van der Waals surface area contributed by atoms with E-state index in [1.54, 1.807) is 14.2 Å². The lowest BCUT2D eigenvalue weighted by molar-refractivity contribution is -0.120. The van der Waals surface area contributed by atoms with Crippen molar-refractivity contribution >= 4 is 34.9 Å². The lowest BCUT2D eigenvalue weighted by Crippen LogP contribution is -2.38. The van der Waals surface area contributed by atoms with Crippen LogP contribution in [0.25, 0.3) is 33.6 Å². The Morgan fingerprint density at radius 3 is 1.90 bits per heavy atom. The van der Waals surface area contributed by atoms with Gasteiger partial charge in [0.05, 0.1) is 35.7 Å². The smallest absolute Gasteiger partial charge is 0.220 e. The first-order chi connectivity index (χ1) is 24.0. The van der Waals surface area contributed by atoms with Gasteiger partial charge in [-0.05, 0) is 56.6 Å². The molecule has 0 radical (unpaired) electrons. The summed E-state index contributed by atoms with van der Waals surface area (Å²) >= 11 is 14.2. The molecule has 8 nitrogen and oxygen atoms in total. The molecule has 1 amide bonds. The molecule has 2 aliphatic rings. The monoisotopic (exact) mass is 714 g/mol. The Balaban J connectivity index is 1.20. The van der Waals surface area contributed by atoms with Gasteiger partial charge in [0.25, 0.3) is 0 Å². The molecule has 50 heavy (non-hydrogen) atoms. The maximum Gasteiger partial charge on any atom is 0.220 e. The molecule has 2 aromatic carbocycles. The van der Waals surface area contributed by atoms with Crippen LogP contribution in [0.4, 0.5) is 0 Å². The molecule has 1 aliphatic carbocycles. The van der Waals surface area contributed by atoms with Crippen molar-refractivity contribution in [2.75, 3.05) is 20.8 Å². The predicted octanol–water partition coefficient (Wildman–Crippen LogP) is 8.64. The summed E-state index contributed by atoms with van der Waals surface area (Å²) in [5, 5.41) is 7.67. The molecule has 1 saturated heterocycles. The molecular formula is C40H44Cl2N4O4. The molecular weight excluding hydrogens is 671 g/mol. The standard InChI is InChI=1S/C40H44Cl2N4O4/c1-39(20-17-27(47)22-39)24-43-23-26-14-16-33(45-38(26)50-4)31-12-6-10-29(36(31)42)28-9-5-11-30(35(28)41)32-15-13-25(37(44-32)49-3)8-7-19-40(2)21-18-34(48)46-40/h5-6,9-16,43H,7-8,17-24H2,1-4H3,(H,46,48)/t39-,40-/m1/s1. The summed E-state index contributed by atoms with van der Waals surface area (Å²) in [5.74, 6) is 1.55. The van der Waals surface area contributed by atoms with Crippen LogP contribution in [-0.4, -0.2) is 48.0 Å². The van der Waals surface area contributed by atoms with E-state index in [-0.39, 0.29) is 16.9 Å². The minimum absolute atomic E-state index is 0.00865. The molecule has 4 aromatic rings. The summed E-state index contributed by atoms with van der Waals surface area (Å²) in [7, 11) is 3.24. The third-order valence-electron chi connectivity index (χ3n) is 10.1. The van der Waals surface area contributed by atoms with Crippen LogP contribution >= 0.6 is 23.2 Å². The van der Waals surface area contributed by atoms with Gasteiger partial charge < -0.3 is 20.1 Å². The van der Waals surface area contributed by atoms with Gasteiger partial charge in [-0.15, -0.1) is 0 Å². The number of ketones is 1. The number of Topliss-reactive ketones (excluding diaryl/α,β-unsaturated/α-hetero) is 1. The molecule has 0 unspecified atom stereocenters. The quantitative estimate of drug-likeness (QED) is 0.143. The van der Waals surface area contributed by atoms with Gasteiger partial charge >= 0.3 is 0 Å². The lowest BCUT2D eigenvalue weighted by Gasteiger charge is -2.23. The van der Waals surface area contributed by atoms with Crippen LogP contribution in [0.15, 0.2) is 60.7 Å². The number of ether oxygens (including phenoxy) is 2. The SMILES string of the molecule is COc1nc(-c2cccc(-c3cccc(-c4ccc(CNC[C@]5(C)CCC(=O)C5)c(OC)n4)c3Cl)c2Cl)ccc1CCC[C@]1(C)CCC(=O)N1. The summed E-state index contributed by atoms with van der Waals surface area (Å²) in [6.07, 6.45) is 6.24. The molecule has 1 saturated carbocycles. The summed E-state index contributed by atoms with van der Waals surface area (Å²) in [6, 6.07) is 19.6.